The fraction of sp³-hybridized carbons (Fsp3) is 0.286. The standard InChI is InChI=1S/C14H16N4O3/c1-4-15-13-8-14(17-10(3)16-13)21-12-7-9(2)5-6-11(12)18(19)20/h5-8H,4H2,1-3H3,(H,15,16,17). The zero-order chi connectivity index (χ0) is 15.4. The van der Waals surface area contributed by atoms with Crippen molar-refractivity contribution in [2.45, 2.75) is 20.8 Å². The van der Waals surface area contributed by atoms with Crippen LogP contribution in [0.5, 0.6) is 11.6 Å². The van der Waals surface area contributed by atoms with Crippen LogP contribution in [0.25, 0.3) is 0 Å². The Labute approximate surface area is 122 Å². The summed E-state index contributed by atoms with van der Waals surface area (Å²) in [5.41, 5.74) is 0.773. The number of aromatic nitrogens is 2. The van der Waals surface area contributed by atoms with Crippen molar-refractivity contribution < 1.29 is 9.66 Å². The molecular formula is C14H16N4O3. The van der Waals surface area contributed by atoms with Gasteiger partial charge in [0.2, 0.25) is 11.6 Å². The van der Waals surface area contributed by atoms with Crippen LogP contribution in [0, 0.1) is 24.0 Å². The Morgan fingerprint density at radius 1 is 1.29 bits per heavy atom. The Morgan fingerprint density at radius 3 is 2.71 bits per heavy atom. The molecule has 0 spiro atoms. The number of aryl methyl sites for hydroxylation is 2. The van der Waals surface area contributed by atoms with E-state index in [0.29, 0.717) is 18.2 Å². The molecule has 7 heteroatoms. The highest BCUT2D eigenvalue weighted by molar-refractivity contribution is 5.50. The second-order valence-electron chi connectivity index (χ2n) is 4.50. The minimum atomic E-state index is -0.478. The van der Waals surface area contributed by atoms with E-state index in [1.54, 1.807) is 25.1 Å². The smallest absolute Gasteiger partial charge is 0.311 e. The van der Waals surface area contributed by atoms with E-state index in [2.05, 4.69) is 15.3 Å². The largest absolute Gasteiger partial charge is 0.432 e. The lowest BCUT2D eigenvalue weighted by atomic mass is 10.2. The molecule has 1 aromatic heterocycles. The molecule has 0 saturated carbocycles. The fourth-order valence-electron chi connectivity index (χ4n) is 1.83. The fourth-order valence-corrected chi connectivity index (χ4v) is 1.83. The zero-order valence-corrected chi connectivity index (χ0v) is 12.1. The Bertz CT molecular complexity index is 673. The van der Waals surface area contributed by atoms with Crippen LogP contribution < -0.4 is 10.1 Å². The van der Waals surface area contributed by atoms with Crippen molar-refractivity contribution in [1.82, 2.24) is 9.97 Å². The normalized spacial score (nSPS) is 10.2. The number of nitrogens with zero attached hydrogens (tertiary/aromatic N) is 3. The monoisotopic (exact) mass is 288 g/mol. The van der Waals surface area contributed by atoms with Crippen molar-refractivity contribution in [3.63, 3.8) is 0 Å². The van der Waals surface area contributed by atoms with Crippen molar-refractivity contribution >= 4 is 11.5 Å². The van der Waals surface area contributed by atoms with Crippen molar-refractivity contribution in [2.75, 3.05) is 11.9 Å². The summed E-state index contributed by atoms with van der Waals surface area (Å²) in [6, 6.07) is 6.31. The van der Waals surface area contributed by atoms with Gasteiger partial charge in [-0.25, -0.2) is 4.98 Å². The first-order valence-corrected chi connectivity index (χ1v) is 6.52. The molecular weight excluding hydrogens is 272 g/mol. The Morgan fingerprint density at radius 2 is 2.05 bits per heavy atom. The maximum atomic E-state index is 11.0. The minimum absolute atomic E-state index is 0.0955. The first-order chi connectivity index (χ1) is 9.99. The van der Waals surface area contributed by atoms with Gasteiger partial charge < -0.3 is 10.1 Å². The molecule has 0 aliphatic rings. The van der Waals surface area contributed by atoms with Gasteiger partial charge in [0.15, 0.2) is 0 Å². The molecule has 1 heterocycles. The highest BCUT2D eigenvalue weighted by atomic mass is 16.6. The summed E-state index contributed by atoms with van der Waals surface area (Å²) >= 11 is 0. The summed E-state index contributed by atoms with van der Waals surface area (Å²) in [5.74, 6) is 1.58. The van der Waals surface area contributed by atoms with Gasteiger partial charge in [-0.1, -0.05) is 6.07 Å². The van der Waals surface area contributed by atoms with Crippen molar-refractivity contribution in [2.24, 2.45) is 0 Å². The average Bonchev–Trinajstić information content (AvgIpc) is 2.38. The van der Waals surface area contributed by atoms with Gasteiger partial charge in [0, 0.05) is 18.7 Å². The number of rotatable bonds is 5. The van der Waals surface area contributed by atoms with E-state index >= 15 is 0 Å². The molecule has 0 radical (unpaired) electrons. The van der Waals surface area contributed by atoms with Crippen LogP contribution in [0.15, 0.2) is 24.3 Å². The summed E-state index contributed by atoms with van der Waals surface area (Å²) in [7, 11) is 0. The summed E-state index contributed by atoms with van der Waals surface area (Å²) < 4.78 is 5.59. The van der Waals surface area contributed by atoms with Crippen molar-refractivity contribution in [1.29, 1.82) is 0 Å². The van der Waals surface area contributed by atoms with Crippen LogP contribution in [0.3, 0.4) is 0 Å². The number of benzene rings is 1. The molecule has 0 fully saturated rings. The molecule has 0 saturated heterocycles. The third-order valence-electron chi connectivity index (χ3n) is 2.70. The highest BCUT2D eigenvalue weighted by Gasteiger charge is 2.16. The van der Waals surface area contributed by atoms with E-state index in [4.69, 9.17) is 4.74 Å². The van der Waals surface area contributed by atoms with Gasteiger partial charge in [-0.05, 0) is 32.4 Å². The predicted octanol–water partition coefficient (Wildman–Crippen LogP) is 3.23. The molecule has 110 valence electrons. The molecule has 0 aliphatic heterocycles. The van der Waals surface area contributed by atoms with Crippen LogP contribution in [-0.4, -0.2) is 21.4 Å². The lowest BCUT2D eigenvalue weighted by molar-refractivity contribution is -0.385. The number of nitrogens with one attached hydrogen (secondary N) is 1. The first-order valence-electron chi connectivity index (χ1n) is 6.52. The van der Waals surface area contributed by atoms with Crippen LogP contribution in [0.2, 0.25) is 0 Å². The Balaban J connectivity index is 2.37. The second-order valence-corrected chi connectivity index (χ2v) is 4.50. The highest BCUT2D eigenvalue weighted by Crippen LogP contribution is 2.31. The van der Waals surface area contributed by atoms with Gasteiger partial charge in [-0.15, -0.1) is 0 Å². The van der Waals surface area contributed by atoms with Crippen molar-refractivity contribution in [3.05, 3.63) is 45.8 Å². The zero-order valence-electron chi connectivity index (χ0n) is 12.1. The molecule has 2 aromatic rings. The first kappa shape index (κ1) is 14.7. The van der Waals surface area contributed by atoms with Crippen LogP contribution in [-0.2, 0) is 0 Å². The van der Waals surface area contributed by atoms with E-state index in [9.17, 15) is 10.1 Å². The summed E-state index contributed by atoms with van der Waals surface area (Å²) in [4.78, 5) is 18.9. The maximum absolute atomic E-state index is 11.0. The quantitative estimate of drug-likeness (QED) is 0.671. The number of hydrogen-bond donors (Lipinski definition) is 1. The van der Waals surface area contributed by atoms with Crippen molar-refractivity contribution in [3.8, 4) is 11.6 Å². The average molecular weight is 288 g/mol. The lowest BCUT2D eigenvalue weighted by Gasteiger charge is -2.09. The summed E-state index contributed by atoms with van der Waals surface area (Å²) in [6.07, 6.45) is 0. The SMILES string of the molecule is CCNc1cc(Oc2cc(C)ccc2[N+](=O)[O-])nc(C)n1. The van der Waals surface area contributed by atoms with E-state index in [1.165, 1.54) is 6.07 Å². The molecule has 0 unspecified atom stereocenters. The van der Waals surface area contributed by atoms with Gasteiger partial charge in [-0.2, -0.15) is 4.98 Å². The van der Waals surface area contributed by atoms with E-state index in [1.807, 2.05) is 13.8 Å². The lowest BCUT2D eigenvalue weighted by Crippen LogP contribution is -2.03. The van der Waals surface area contributed by atoms with Crippen LogP contribution >= 0.6 is 0 Å². The molecule has 1 N–H and O–H groups in total. The van der Waals surface area contributed by atoms with Crippen LogP contribution in [0.1, 0.15) is 18.3 Å². The number of anilines is 1. The molecule has 2 rings (SSSR count). The Kier molecular flexibility index (Phi) is 4.32. The molecule has 0 atom stereocenters. The molecule has 1 aromatic carbocycles. The van der Waals surface area contributed by atoms with Gasteiger partial charge >= 0.3 is 5.69 Å². The van der Waals surface area contributed by atoms with E-state index in [0.717, 1.165) is 5.56 Å². The molecule has 0 aliphatic carbocycles. The number of nitro groups is 1. The number of ether oxygens (including phenoxy) is 1. The van der Waals surface area contributed by atoms with Gasteiger partial charge in [0.25, 0.3) is 0 Å². The van der Waals surface area contributed by atoms with Gasteiger partial charge in [-0.3, -0.25) is 10.1 Å². The molecule has 7 nitrogen and oxygen atoms in total. The Hall–Kier alpha value is -2.70. The van der Waals surface area contributed by atoms with E-state index < -0.39 is 4.92 Å². The summed E-state index contributed by atoms with van der Waals surface area (Å²) in [6.45, 7) is 6.23. The number of nitro benzene ring substituents is 1. The van der Waals surface area contributed by atoms with E-state index in [-0.39, 0.29) is 17.3 Å². The van der Waals surface area contributed by atoms with Gasteiger partial charge in [0.05, 0.1) is 4.92 Å². The topological polar surface area (TPSA) is 90.2 Å². The molecule has 0 bridgehead atoms. The molecule has 21 heavy (non-hydrogen) atoms. The number of hydrogen-bond acceptors (Lipinski definition) is 6. The minimum Gasteiger partial charge on any atom is -0.432 e. The third-order valence-corrected chi connectivity index (χ3v) is 2.70. The molecule has 0 amide bonds. The van der Waals surface area contributed by atoms with Gasteiger partial charge in [0.1, 0.15) is 11.6 Å². The van der Waals surface area contributed by atoms with Crippen LogP contribution in [0.4, 0.5) is 11.5 Å². The third kappa shape index (κ3) is 3.65. The maximum Gasteiger partial charge on any atom is 0.311 e. The summed E-state index contributed by atoms with van der Waals surface area (Å²) in [5, 5.41) is 14.1. The second kappa shape index (κ2) is 6.17. The predicted molar refractivity (Wildman–Crippen MR) is 78.8 cm³/mol.